The highest BCUT2D eigenvalue weighted by Gasteiger charge is 2.07. The van der Waals surface area contributed by atoms with Crippen LogP contribution >= 0.6 is 0 Å². The molecule has 0 saturated heterocycles. The summed E-state index contributed by atoms with van der Waals surface area (Å²) < 4.78 is 18.4. The number of anilines is 1. The van der Waals surface area contributed by atoms with Gasteiger partial charge in [0, 0.05) is 17.8 Å². The predicted octanol–water partition coefficient (Wildman–Crippen LogP) is 3.46. The van der Waals surface area contributed by atoms with Gasteiger partial charge in [-0.15, -0.1) is 0 Å². The number of halogens is 1. The maximum Gasteiger partial charge on any atom is 0.162 e. The molecule has 0 aliphatic rings. The zero-order valence-electron chi connectivity index (χ0n) is 10.9. The molecule has 0 spiro atoms. The smallest absolute Gasteiger partial charge is 0.162 e. The summed E-state index contributed by atoms with van der Waals surface area (Å²) in [5, 5.41) is 13.0. The van der Waals surface area contributed by atoms with E-state index in [1.54, 1.807) is 37.3 Å². The van der Waals surface area contributed by atoms with E-state index in [1.807, 2.05) is 0 Å². The van der Waals surface area contributed by atoms with E-state index in [-0.39, 0.29) is 11.6 Å². The maximum absolute atomic E-state index is 13.4. The number of phenols is 1. The Labute approximate surface area is 111 Å². The second-order valence-corrected chi connectivity index (χ2v) is 4.29. The van der Waals surface area contributed by atoms with Gasteiger partial charge in [-0.2, -0.15) is 0 Å². The molecule has 0 fully saturated rings. The summed E-state index contributed by atoms with van der Waals surface area (Å²) >= 11 is 0. The molecule has 0 aliphatic carbocycles. The Bertz CT molecular complexity index is 584. The SMILES string of the molecule is COc1cccc(CNc2ccc(C)c(F)c2)c1O. The van der Waals surface area contributed by atoms with Crippen molar-refractivity contribution in [2.75, 3.05) is 12.4 Å². The van der Waals surface area contributed by atoms with Gasteiger partial charge in [0.05, 0.1) is 7.11 Å². The third-order valence-electron chi connectivity index (χ3n) is 2.96. The molecular formula is C15H16FNO2. The van der Waals surface area contributed by atoms with Gasteiger partial charge in [0.15, 0.2) is 11.5 Å². The zero-order valence-corrected chi connectivity index (χ0v) is 10.9. The van der Waals surface area contributed by atoms with Crippen molar-refractivity contribution >= 4 is 5.69 Å². The lowest BCUT2D eigenvalue weighted by molar-refractivity contribution is 0.371. The topological polar surface area (TPSA) is 41.5 Å². The van der Waals surface area contributed by atoms with Crippen molar-refractivity contribution in [3.63, 3.8) is 0 Å². The Morgan fingerprint density at radius 2 is 2.05 bits per heavy atom. The summed E-state index contributed by atoms with van der Waals surface area (Å²) in [7, 11) is 1.50. The van der Waals surface area contributed by atoms with Crippen molar-refractivity contribution in [3.05, 3.63) is 53.3 Å². The van der Waals surface area contributed by atoms with Crippen molar-refractivity contribution in [2.45, 2.75) is 13.5 Å². The number of hydrogen-bond acceptors (Lipinski definition) is 3. The minimum absolute atomic E-state index is 0.102. The molecule has 3 nitrogen and oxygen atoms in total. The van der Waals surface area contributed by atoms with Gasteiger partial charge in [0.2, 0.25) is 0 Å². The summed E-state index contributed by atoms with van der Waals surface area (Å²) in [6.45, 7) is 2.11. The lowest BCUT2D eigenvalue weighted by atomic mass is 10.1. The van der Waals surface area contributed by atoms with Gasteiger partial charge in [-0.05, 0) is 30.7 Å². The molecule has 0 heterocycles. The molecule has 0 amide bonds. The van der Waals surface area contributed by atoms with E-state index in [4.69, 9.17) is 4.74 Å². The highest BCUT2D eigenvalue weighted by atomic mass is 19.1. The molecule has 0 aromatic heterocycles. The standard InChI is InChI=1S/C15H16FNO2/c1-10-6-7-12(8-13(10)16)17-9-11-4-3-5-14(19-2)15(11)18/h3-8,17-18H,9H2,1-2H3. The van der Waals surface area contributed by atoms with Crippen LogP contribution in [-0.2, 0) is 6.54 Å². The van der Waals surface area contributed by atoms with Crippen LogP contribution < -0.4 is 10.1 Å². The monoisotopic (exact) mass is 261 g/mol. The fourth-order valence-corrected chi connectivity index (χ4v) is 1.78. The molecule has 0 saturated carbocycles. The van der Waals surface area contributed by atoms with Crippen LogP contribution in [-0.4, -0.2) is 12.2 Å². The Kier molecular flexibility index (Phi) is 3.90. The van der Waals surface area contributed by atoms with Crippen LogP contribution in [0.3, 0.4) is 0 Å². The van der Waals surface area contributed by atoms with Crippen LogP contribution in [0.4, 0.5) is 10.1 Å². The van der Waals surface area contributed by atoms with Gasteiger partial charge < -0.3 is 15.2 Å². The number of hydrogen-bond donors (Lipinski definition) is 2. The predicted molar refractivity (Wildman–Crippen MR) is 73.1 cm³/mol. The molecule has 0 radical (unpaired) electrons. The van der Waals surface area contributed by atoms with Gasteiger partial charge in [0.25, 0.3) is 0 Å². The lowest BCUT2D eigenvalue weighted by Gasteiger charge is -2.11. The van der Waals surface area contributed by atoms with E-state index in [1.165, 1.54) is 13.2 Å². The number of phenolic OH excluding ortho intramolecular Hbond substituents is 1. The number of aryl methyl sites for hydroxylation is 1. The summed E-state index contributed by atoms with van der Waals surface area (Å²) in [6.07, 6.45) is 0. The highest BCUT2D eigenvalue weighted by Crippen LogP contribution is 2.29. The molecular weight excluding hydrogens is 245 g/mol. The Balaban J connectivity index is 2.12. The van der Waals surface area contributed by atoms with Crippen LogP contribution in [0.25, 0.3) is 0 Å². The van der Waals surface area contributed by atoms with Crippen LogP contribution in [0.15, 0.2) is 36.4 Å². The Hall–Kier alpha value is -2.23. The van der Waals surface area contributed by atoms with Gasteiger partial charge >= 0.3 is 0 Å². The summed E-state index contributed by atoms with van der Waals surface area (Å²) in [6, 6.07) is 10.2. The average molecular weight is 261 g/mol. The number of nitrogens with one attached hydrogen (secondary N) is 1. The number of para-hydroxylation sites is 1. The number of ether oxygens (including phenoxy) is 1. The average Bonchev–Trinajstić information content (AvgIpc) is 2.41. The molecule has 4 heteroatoms. The first-order chi connectivity index (χ1) is 9.11. The molecule has 2 N–H and O–H groups in total. The molecule has 2 aromatic carbocycles. The summed E-state index contributed by atoms with van der Waals surface area (Å²) in [4.78, 5) is 0. The summed E-state index contributed by atoms with van der Waals surface area (Å²) in [5.41, 5.74) is 1.97. The molecule has 0 bridgehead atoms. The van der Waals surface area contributed by atoms with Crippen LogP contribution in [0.2, 0.25) is 0 Å². The van der Waals surface area contributed by atoms with Crippen LogP contribution in [0.1, 0.15) is 11.1 Å². The number of methoxy groups -OCH3 is 1. The minimum Gasteiger partial charge on any atom is -0.504 e. The Morgan fingerprint density at radius 1 is 1.26 bits per heavy atom. The lowest BCUT2D eigenvalue weighted by Crippen LogP contribution is -2.01. The van der Waals surface area contributed by atoms with E-state index >= 15 is 0 Å². The molecule has 100 valence electrons. The largest absolute Gasteiger partial charge is 0.504 e. The molecule has 0 atom stereocenters. The van der Waals surface area contributed by atoms with Crippen molar-refractivity contribution in [3.8, 4) is 11.5 Å². The first-order valence-corrected chi connectivity index (χ1v) is 5.96. The third kappa shape index (κ3) is 2.96. The molecule has 2 aromatic rings. The minimum atomic E-state index is -0.250. The van der Waals surface area contributed by atoms with E-state index in [9.17, 15) is 9.50 Å². The second-order valence-electron chi connectivity index (χ2n) is 4.29. The van der Waals surface area contributed by atoms with Gasteiger partial charge in [-0.3, -0.25) is 0 Å². The van der Waals surface area contributed by atoms with E-state index in [2.05, 4.69) is 5.32 Å². The molecule has 0 unspecified atom stereocenters. The van der Waals surface area contributed by atoms with E-state index in [0.717, 1.165) is 0 Å². The number of rotatable bonds is 4. The quantitative estimate of drug-likeness (QED) is 0.885. The van der Waals surface area contributed by atoms with E-state index < -0.39 is 0 Å². The normalized spacial score (nSPS) is 10.3. The van der Waals surface area contributed by atoms with Crippen molar-refractivity contribution in [1.29, 1.82) is 0 Å². The van der Waals surface area contributed by atoms with Crippen molar-refractivity contribution in [1.82, 2.24) is 0 Å². The van der Waals surface area contributed by atoms with Crippen molar-refractivity contribution in [2.24, 2.45) is 0 Å². The van der Waals surface area contributed by atoms with Crippen LogP contribution in [0, 0.1) is 12.7 Å². The molecule has 0 aliphatic heterocycles. The third-order valence-corrected chi connectivity index (χ3v) is 2.96. The van der Waals surface area contributed by atoms with Gasteiger partial charge in [0.1, 0.15) is 5.82 Å². The second kappa shape index (κ2) is 5.61. The zero-order chi connectivity index (χ0) is 13.8. The van der Waals surface area contributed by atoms with Crippen molar-refractivity contribution < 1.29 is 14.2 Å². The van der Waals surface area contributed by atoms with Gasteiger partial charge in [-0.25, -0.2) is 4.39 Å². The van der Waals surface area contributed by atoms with Gasteiger partial charge in [-0.1, -0.05) is 18.2 Å². The summed E-state index contributed by atoms with van der Waals surface area (Å²) in [5.74, 6) is 0.277. The number of benzene rings is 2. The first-order valence-electron chi connectivity index (χ1n) is 5.96. The first kappa shape index (κ1) is 13.2. The maximum atomic E-state index is 13.4. The molecule has 19 heavy (non-hydrogen) atoms. The highest BCUT2D eigenvalue weighted by molar-refractivity contribution is 5.49. The fourth-order valence-electron chi connectivity index (χ4n) is 1.78. The Morgan fingerprint density at radius 3 is 2.74 bits per heavy atom. The molecule has 2 rings (SSSR count). The number of aromatic hydroxyl groups is 1. The van der Waals surface area contributed by atoms with E-state index in [0.29, 0.717) is 29.1 Å². The van der Waals surface area contributed by atoms with Crippen LogP contribution in [0.5, 0.6) is 11.5 Å². The fraction of sp³-hybridized carbons (Fsp3) is 0.200.